The quantitative estimate of drug-likeness (QED) is 0.0844. The topological polar surface area (TPSA) is 174 Å². The number of phenolic OH excluding ortho intramolecular Hbond substituents is 1. The second-order valence-electron chi connectivity index (χ2n) is 12.1. The van der Waals surface area contributed by atoms with E-state index in [-0.39, 0.29) is 87.1 Å². The molecule has 50 heavy (non-hydrogen) atoms. The van der Waals surface area contributed by atoms with Crippen molar-refractivity contribution in [3.05, 3.63) is 95.1 Å². The van der Waals surface area contributed by atoms with Crippen molar-refractivity contribution in [1.29, 1.82) is 0 Å². The number of amides is 4. The van der Waals surface area contributed by atoms with Gasteiger partial charge >= 0.3 is 51.4 Å². The van der Waals surface area contributed by atoms with Crippen LogP contribution in [0.1, 0.15) is 59.2 Å². The first-order chi connectivity index (χ1) is 23.7. The average Bonchev–Trinajstić information content (AvgIpc) is 3.62. The van der Waals surface area contributed by atoms with Crippen molar-refractivity contribution < 1.29 is 85.1 Å². The summed E-state index contributed by atoms with van der Waals surface area (Å²) >= 11 is 0. The molecule has 2 aliphatic rings. The molecular weight excluding hydrogens is 666 g/mol. The van der Waals surface area contributed by atoms with Gasteiger partial charge in [0.15, 0.2) is 0 Å². The van der Waals surface area contributed by atoms with Crippen molar-refractivity contribution in [3.8, 4) is 28.5 Å². The second kappa shape index (κ2) is 17.2. The van der Waals surface area contributed by atoms with Gasteiger partial charge in [-0.25, -0.2) is 0 Å². The molecule has 3 aromatic carbocycles. The maximum atomic E-state index is 13.0. The first-order valence-electron chi connectivity index (χ1n) is 16.3. The van der Waals surface area contributed by atoms with Crippen molar-refractivity contribution >= 4 is 29.4 Å². The number of ether oxygens (including phenoxy) is 2. The molecule has 1 aromatic heterocycles. The Balaban J connectivity index is 0.00000486. The molecule has 5 N–H and O–H groups in total. The van der Waals surface area contributed by atoms with Crippen molar-refractivity contribution in [2.75, 3.05) is 18.9 Å². The number of hydrogen-bond donors (Lipinski definition) is 4. The van der Waals surface area contributed by atoms with Crippen molar-refractivity contribution in [3.63, 3.8) is 0 Å². The Bertz CT molecular complexity index is 1860. The molecule has 0 spiro atoms. The van der Waals surface area contributed by atoms with Gasteiger partial charge in [-0.3, -0.25) is 24.5 Å². The van der Waals surface area contributed by atoms with Crippen molar-refractivity contribution in [2.45, 2.75) is 57.7 Å². The number of hydrogen-bond acceptors (Lipinski definition) is 8. The van der Waals surface area contributed by atoms with Gasteiger partial charge in [0.2, 0.25) is 17.7 Å². The summed E-state index contributed by atoms with van der Waals surface area (Å²) in [4.78, 5) is 55.0. The third-order valence-electron chi connectivity index (χ3n) is 8.67. The van der Waals surface area contributed by atoms with Crippen LogP contribution in [0.5, 0.6) is 17.2 Å². The molecule has 1 unspecified atom stereocenters. The Morgan fingerprint density at radius 1 is 0.960 bits per heavy atom. The number of nitrogens with one attached hydrogen (secondary N) is 2. The van der Waals surface area contributed by atoms with E-state index in [4.69, 9.17) is 15.2 Å². The molecule has 4 amide bonds. The Kier molecular flexibility index (Phi) is 12.8. The number of nitrogens with zero attached hydrogens (tertiary/aromatic N) is 2. The number of phenols is 1. The molecule has 0 radical (unpaired) electrons. The molecule has 4 aromatic rings. The van der Waals surface area contributed by atoms with Gasteiger partial charge in [0.1, 0.15) is 23.3 Å². The molecule has 13 heteroatoms. The van der Waals surface area contributed by atoms with Crippen LogP contribution < -0.4 is 82.2 Å². The molecule has 6 rings (SSSR count). The largest absolute Gasteiger partial charge is 1.00 e. The van der Waals surface area contributed by atoms with Gasteiger partial charge in [0.05, 0.1) is 13.2 Å². The van der Waals surface area contributed by atoms with Crippen LogP contribution >= 0.6 is 0 Å². The average molecular weight is 704 g/mol. The van der Waals surface area contributed by atoms with E-state index in [1.807, 2.05) is 36.4 Å². The zero-order valence-corrected chi connectivity index (χ0v) is 31.1. The molecule has 0 saturated carbocycles. The Labute approximate surface area is 332 Å². The summed E-state index contributed by atoms with van der Waals surface area (Å²) in [6.45, 7) is 1.55. The fourth-order valence-corrected chi connectivity index (χ4v) is 5.95. The molecule has 254 valence electrons. The maximum Gasteiger partial charge on any atom is 1.00 e. The van der Waals surface area contributed by atoms with E-state index < -0.39 is 11.9 Å². The first kappa shape index (κ1) is 37.1. The third kappa shape index (κ3) is 9.14. The van der Waals surface area contributed by atoms with E-state index in [1.54, 1.807) is 36.4 Å². The van der Waals surface area contributed by atoms with Crippen LogP contribution in [-0.2, 0) is 33.9 Å². The predicted octanol–water partition coefficient (Wildman–Crippen LogP) is 0.851. The number of unbranched alkanes of at least 4 members (excludes halogenated alkanes) is 1. The number of para-hydroxylation sites is 1. The maximum absolute atomic E-state index is 13.0. The van der Waals surface area contributed by atoms with Gasteiger partial charge in [-0.05, 0) is 71.7 Å². The second-order valence-corrected chi connectivity index (χ2v) is 12.1. The molecule has 3 heterocycles. The van der Waals surface area contributed by atoms with E-state index in [2.05, 4.69) is 15.6 Å². The number of piperidine rings is 1. The minimum Gasteiger partial charge on any atom is -0.507 e. The van der Waals surface area contributed by atoms with Crippen LogP contribution in [0.2, 0.25) is 0 Å². The van der Waals surface area contributed by atoms with Crippen LogP contribution in [0.15, 0.2) is 72.8 Å². The zero-order chi connectivity index (χ0) is 34.3. The molecule has 1 atom stereocenters. The predicted molar refractivity (Wildman–Crippen MR) is 181 cm³/mol. The van der Waals surface area contributed by atoms with E-state index >= 15 is 0 Å². The number of benzene rings is 3. The number of fused-ring (bicyclic) bond motifs is 1. The molecule has 12 nitrogen and oxygen atoms in total. The SMILES string of the molecule is Nc1[n-]c(-c2ccccc2O)cc1OCCc1ccc(CNC(=O)CCCCOc2ccc3c(c2)C(=O)N(C2CCC(=O)NC2=O)C3)cc1.[K+]. The summed E-state index contributed by atoms with van der Waals surface area (Å²) in [5.41, 5.74) is 10.6. The van der Waals surface area contributed by atoms with Gasteiger partial charge in [-0.1, -0.05) is 48.5 Å². The van der Waals surface area contributed by atoms with Gasteiger partial charge in [0.25, 0.3) is 5.91 Å². The monoisotopic (exact) mass is 703 g/mol. The molecular formula is C37H38KN5O7. The summed E-state index contributed by atoms with van der Waals surface area (Å²) in [6.07, 6.45) is 2.88. The molecule has 0 bridgehead atoms. The summed E-state index contributed by atoms with van der Waals surface area (Å²) in [7, 11) is 0. The summed E-state index contributed by atoms with van der Waals surface area (Å²) in [5, 5.41) is 15.3. The fourth-order valence-electron chi connectivity index (χ4n) is 5.95. The van der Waals surface area contributed by atoms with E-state index in [9.17, 15) is 24.3 Å². The minimum atomic E-state index is -0.652. The molecule has 1 saturated heterocycles. The normalized spacial score (nSPS) is 15.2. The number of carbonyl (C=O) groups excluding carboxylic acids is 4. The zero-order valence-electron chi connectivity index (χ0n) is 27.9. The number of anilines is 1. The van der Waals surface area contributed by atoms with Crippen LogP contribution in [0, 0.1) is 0 Å². The van der Waals surface area contributed by atoms with Gasteiger partial charge in [-0.2, -0.15) is 0 Å². The summed E-state index contributed by atoms with van der Waals surface area (Å²) in [5.74, 6) is 0.400. The van der Waals surface area contributed by atoms with Crippen LogP contribution in [0.4, 0.5) is 5.82 Å². The summed E-state index contributed by atoms with van der Waals surface area (Å²) < 4.78 is 11.7. The number of aromatic nitrogens is 1. The summed E-state index contributed by atoms with van der Waals surface area (Å²) in [6, 6.07) is 21.3. The van der Waals surface area contributed by atoms with Crippen LogP contribution in [0.3, 0.4) is 0 Å². The Morgan fingerprint density at radius 2 is 1.74 bits per heavy atom. The smallest absolute Gasteiger partial charge is 0.507 e. The van der Waals surface area contributed by atoms with Gasteiger partial charge < -0.3 is 35.5 Å². The van der Waals surface area contributed by atoms with E-state index in [0.717, 1.165) is 16.7 Å². The van der Waals surface area contributed by atoms with E-state index in [1.165, 1.54) is 4.90 Å². The number of imide groups is 1. The standard InChI is InChI=1S/C37H38N5O7.K/c38-35-32(20-29(40-35)27-5-1-2-6-31(27)43)49-18-16-23-8-10-24(11-9-23)21-39-33(44)7-3-4-17-48-26-13-12-25-22-42(37(47)28(25)19-26)30-14-15-34(45)41-36(30)46;/h1-2,5-6,8-13,19-20,30,43H,3-4,7,14-18,21-22,38H2,(H,39,44)(H,41,45,46);/q-1;+1. The van der Waals surface area contributed by atoms with Crippen molar-refractivity contribution in [1.82, 2.24) is 20.5 Å². The number of rotatable bonds is 14. The van der Waals surface area contributed by atoms with E-state index in [0.29, 0.717) is 86.7 Å². The minimum absolute atomic E-state index is 0. The van der Waals surface area contributed by atoms with Crippen LogP contribution in [-0.4, -0.2) is 52.9 Å². The first-order valence-corrected chi connectivity index (χ1v) is 16.3. The number of aromatic hydroxyl groups is 1. The Morgan fingerprint density at radius 3 is 2.52 bits per heavy atom. The fraction of sp³-hybridized carbons (Fsp3) is 0.297. The number of nitrogen functional groups attached to an aromatic ring is 1. The van der Waals surface area contributed by atoms with Gasteiger partial charge in [0, 0.05) is 43.5 Å². The van der Waals surface area contributed by atoms with Crippen molar-refractivity contribution in [2.24, 2.45) is 0 Å². The number of carbonyl (C=O) groups is 4. The molecule has 1 fully saturated rings. The third-order valence-corrected chi connectivity index (χ3v) is 8.67. The van der Waals surface area contributed by atoms with Gasteiger partial charge in [-0.15, -0.1) is 0 Å². The molecule has 2 aliphatic heterocycles. The molecule has 0 aliphatic carbocycles. The van der Waals surface area contributed by atoms with Crippen LogP contribution in [0.25, 0.3) is 11.3 Å². The Hall–Kier alpha value is -4.14. The number of nitrogens with two attached hydrogens (primary N) is 1.